The van der Waals surface area contributed by atoms with E-state index in [1.165, 1.54) is 13.2 Å². The average molecular weight is 277 g/mol. The summed E-state index contributed by atoms with van der Waals surface area (Å²) in [6.45, 7) is 0. The maximum absolute atomic E-state index is 11.9. The molecule has 6 nitrogen and oxygen atoms in total. The Bertz CT molecular complexity index is 575. The first-order valence-electron chi connectivity index (χ1n) is 6.57. The first kappa shape index (κ1) is 12.9. The molecule has 0 aromatic carbocycles. The summed E-state index contributed by atoms with van der Waals surface area (Å²) in [5, 5.41) is 9.37. The second-order valence-corrected chi connectivity index (χ2v) is 5.25. The zero-order valence-corrected chi connectivity index (χ0v) is 11.1. The van der Waals surface area contributed by atoms with Crippen molar-refractivity contribution in [1.82, 2.24) is 4.98 Å². The van der Waals surface area contributed by atoms with Gasteiger partial charge in [0.1, 0.15) is 5.60 Å². The van der Waals surface area contributed by atoms with Gasteiger partial charge in [-0.05, 0) is 31.7 Å². The smallest absolute Gasteiger partial charge is 0.358 e. The highest BCUT2D eigenvalue weighted by atomic mass is 16.6. The number of hydrogen-bond acceptors (Lipinski definition) is 6. The second kappa shape index (κ2) is 4.47. The largest absolute Gasteiger partial charge is 0.493 e. The van der Waals surface area contributed by atoms with Crippen molar-refractivity contribution in [1.29, 1.82) is 0 Å². The van der Waals surface area contributed by atoms with Crippen molar-refractivity contribution in [3.05, 3.63) is 23.4 Å². The summed E-state index contributed by atoms with van der Waals surface area (Å²) in [7, 11) is 1.38. The number of esters is 2. The molecule has 1 saturated carbocycles. The molecule has 1 aromatic rings. The number of rotatable bonds is 1. The highest BCUT2D eigenvalue weighted by Gasteiger charge is 2.49. The van der Waals surface area contributed by atoms with Gasteiger partial charge in [0.05, 0.1) is 13.0 Å². The lowest BCUT2D eigenvalue weighted by Crippen LogP contribution is -2.34. The fourth-order valence-corrected chi connectivity index (χ4v) is 3.11. The highest BCUT2D eigenvalue weighted by molar-refractivity contribution is 5.93. The Morgan fingerprint density at radius 1 is 1.45 bits per heavy atom. The van der Waals surface area contributed by atoms with Crippen LogP contribution < -0.4 is 0 Å². The lowest BCUT2D eigenvalue weighted by Gasteiger charge is -2.35. The number of ether oxygens (including phenoxy) is 2. The summed E-state index contributed by atoms with van der Waals surface area (Å²) in [5.41, 5.74) is 0.197. The highest BCUT2D eigenvalue weighted by Crippen LogP contribution is 2.48. The maximum atomic E-state index is 11.9. The zero-order chi connectivity index (χ0) is 14.3. The number of carbonyl (C=O) groups excluding carboxylic acids is 2. The number of aromatic hydroxyl groups is 1. The minimum atomic E-state index is -0.697. The Hall–Kier alpha value is -2.11. The third kappa shape index (κ3) is 1.83. The fraction of sp³-hybridized carbons (Fsp3) is 0.500. The molecule has 1 aliphatic carbocycles. The number of hydrogen-bond donors (Lipinski definition) is 1. The van der Waals surface area contributed by atoms with Gasteiger partial charge in [0, 0.05) is 11.6 Å². The first-order chi connectivity index (χ1) is 9.55. The van der Waals surface area contributed by atoms with E-state index in [1.807, 2.05) is 0 Å². The van der Waals surface area contributed by atoms with Crippen LogP contribution >= 0.6 is 0 Å². The Balaban J connectivity index is 1.87. The quantitative estimate of drug-likeness (QED) is 0.783. The van der Waals surface area contributed by atoms with Crippen molar-refractivity contribution < 1.29 is 24.2 Å². The van der Waals surface area contributed by atoms with Crippen LogP contribution in [-0.2, 0) is 19.9 Å². The molecule has 2 aliphatic rings. The van der Waals surface area contributed by atoms with Gasteiger partial charge >= 0.3 is 11.9 Å². The standard InChI is InChI=1S/C14H15NO5/c1-19-12(17)8-4-6-14(7-5-8)9-2-3-10(16)15-11(9)13(18)20-14/h2-3,8H,4-7H2,1H3,(H,15,16)/t8-,14-. The number of aromatic nitrogens is 1. The molecule has 106 valence electrons. The predicted molar refractivity (Wildman–Crippen MR) is 67.0 cm³/mol. The lowest BCUT2D eigenvalue weighted by atomic mass is 9.75. The average Bonchev–Trinajstić information content (AvgIpc) is 2.71. The van der Waals surface area contributed by atoms with Gasteiger partial charge in [-0.2, -0.15) is 0 Å². The van der Waals surface area contributed by atoms with Crippen molar-refractivity contribution >= 4 is 11.9 Å². The lowest BCUT2D eigenvalue weighted by molar-refractivity contribution is -0.148. The molecule has 20 heavy (non-hydrogen) atoms. The van der Waals surface area contributed by atoms with Crippen LogP contribution in [0.25, 0.3) is 0 Å². The summed E-state index contributed by atoms with van der Waals surface area (Å²) in [6.07, 6.45) is 2.36. The monoisotopic (exact) mass is 277 g/mol. The molecule has 0 unspecified atom stereocenters. The molecule has 6 heteroatoms. The molecule has 1 fully saturated rings. The Kier molecular flexibility index (Phi) is 2.88. The Morgan fingerprint density at radius 3 is 2.80 bits per heavy atom. The van der Waals surface area contributed by atoms with Gasteiger partial charge in [0.15, 0.2) is 5.69 Å². The van der Waals surface area contributed by atoms with Crippen LogP contribution in [0.3, 0.4) is 0 Å². The number of carbonyl (C=O) groups is 2. The molecule has 1 aliphatic heterocycles. The summed E-state index contributed by atoms with van der Waals surface area (Å²) >= 11 is 0. The number of pyridine rings is 1. The van der Waals surface area contributed by atoms with Gasteiger partial charge in [-0.15, -0.1) is 0 Å². The van der Waals surface area contributed by atoms with E-state index >= 15 is 0 Å². The van der Waals surface area contributed by atoms with Gasteiger partial charge in [-0.1, -0.05) is 0 Å². The van der Waals surface area contributed by atoms with Gasteiger partial charge in [0.2, 0.25) is 5.88 Å². The Labute approximate surface area is 115 Å². The van der Waals surface area contributed by atoms with Crippen molar-refractivity contribution in [2.24, 2.45) is 5.92 Å². The molecule has 2 heterocycles. The molecule has 1 N–H and O–H groups in total. The molecule has 1 aromatic heterocycles. The first-order valence-corrected chi connectivity index (χ1v) is 6.57. The molecule has 0 amide bonds. The van der Waals surface area contributed by atoms with E-state index in [4.69, 9.17) is 9.47 Å². The maximum Gasteiger partial charge on any atom is 0.358 e. The fourth-order valence-electron chi connectivity index (χ4n) is 3.11. The van der Waals surface area contributed by atoms with Crippen LogP contribution in [0.1, 0.15) is 41.7 Å². The summed E-state index contributed by atoms with van der Waals surface area (Å²) in [5.74, 6) is -1.06. The summed E-state index contributed by atoms with van der Waals surface area (Å²) in [4.78, 5) is 27.3. The third-order valence-corrected chi connectivity index (χ3v) is 4.18. The minimum Gasteiger partial charge on any atom is -0.493 e. The van der Waals surface area contributed by atoms with E-state index in [0.29, 0.717) is 31.2 Å². The zero-order valence-electron chi connectivity index (χ0n) is 11.1. The molecular weight excluding hydrogens is 262 g/mol. The van der Waals surface area contributed by atoms with Crippen LogP contribution in [0.15, 0.2) is 12.1 Å². The molecular formula is C14H15NO5. The second-order valence-electron chi connectivity index (χ2n) is 5.25. The van der Waals surface area contributed by atoms with Crippen LogP contribution in [0.2, 0.25) is 0 Å². The molecule has 0 bridgehead atoms. The minimum absolute atomic E-state index is 0.140. The van der Waals surface area contributed by atoms with Crippen molar-refractivity contribution in [3.8, 4) is 5.88 Å². The number of methoxy groups -OCH3 is 1. The SMILES string of the molecule is COC(=O)[C@H]1CC[C@@]2(CC1)OC(=O)c1nc(O)ccc12. The molecule has 0 saturated heterocycles. The van der Waals surface area contributed by atoms with E-state index in [2.05, 4.69) is 4.98 Å². The topological polar surface area (TPSA) is 85.7 Å². The number of fused-ring (bicyclic) bond motifs is 2. The van der Waals surface area contributed by atoms with Crippen molar-refractivity contribution in [3.63, 3.8) is 0 Å². The van der Waals surface area contributed by atoms with Crippen LogP contribution in [0, 0.1) is 5.92 Å². The van der Waals surface area contributed by atoms with Crippen molar-refractivity contribution in [2.45, 2.75) is 31.3 Å². The summed E-state index contributed by atoms with van der Waals surface area (Å²) in [6, 6.07) is 3.13. The van der Waals surface area contributed by atoms with Crippen LogP contribution in [-0.4, -0.2) is 29.1 Å². The molecule has 0 atom stereocenters. The van der Waals surface area contributed by atoms with E-state index in [-0.39, 0.29) is 23.5 Å². The molecule has 1 spiro atoms. The molecule has 0 radical (unpaired) electrons. The van der Waals surface area contributed by atoms with Crippen LogP contribution in [0.4, 0.5) is 0 Å². The van der Waals surface area contributed by atoms with Crippen LogP contribution in [0.5, 0.6) is 5.88 Å². The van der Waals surface area contributed by atoms with E-state index in [9.17, 15) is 14.7 Å². The van der Waals surface area contributed by atoms with Crippen molar-refractivity contribution in [2.75, 3.05) is 7.11 Å². The molecule has 3 rings (SSSR count). The number of nitrogens with zero attached hydrogens (tertiary/aromatic N) is 1. The summed E-state index contributed by atoms with van der Waals surface area (Å²) < 4.78 is 10.3. The van der Waals surface area contributed by atoms with E-state index in [0.717, 1.165) is 0 Å². The van der Waals surface area contributed by atoms with E-state index in [1.54, 1.807) is 6.07 Å². The third-order valence-electron chi connectivity index (χ3n) is 4.18. The van der Waals surface area contributed by atoms with Gasteiger partial charge < -0.3 is 14.6 Å². The predicted octanol–water partition coefficient (Wildman–Crippen LogP) is 1.52. The van der Waals surface area contributed by atoms with E-state index < -0.39 is 11.6 Å². The van der Waals surface area contributed by atoms with Gasteiger partial charge in [-0.3, -0.25) is 4.79 Å². The Morgan fingerprint density at radius 2 is 2.15 bits per heavy atom. The van der Waals surface area contributed by atoms with Gasteiger partial charge in [-0.25, -0.2) is 9.78 Å². The van der Waals surface area contributed by atoms with Gasteiger partial charge in [0.25, 0.3) is 0 Å². The normalized spacial score (nSPS) is 28.1.